The van der Waals surface area contributed by atoms with Crippen LogP contribution in [0, 0.1) is 0 Å². The second-order valence-electron chi connectivity index (χ2n) is 20.5. The highest BCUT2D eigenvalue weighted by Gasteiger charge is 2.26. The van der Waals surface area contributed by atoms with Gasteiger partial charge in [0, 0.05) is 19.4 Å². The summed E-state index contributed by atoms with van der Waals surface area (Å²) in [6.45, 7) is 3.39. The smallest absolute Gasteiger partial charge is 0.462 e. The number of unbranched alkanes of at least 4 members (excludes halogenated alkanes) is 7. The Balaban J connectivity index is 4.15. The second-order valence-corrected chi connectivity index (χ2v) is 22.0. The third kappa shape index (κ3) is 69.0. The first-order chi connectivity index (χ1) is 42.8. The Bertz CT molecular complexity index is 2270. The van der Waals surface area contributed by atoms with Crippen LogP contribution < -0.4 is 5.73 Å². The molecule has 0 rings (SSSR count). The summed E-state index contributed by atoms with van der Waals surface area (Å²) in [6.07, 6.45) is 110. The second kappa shape index (κ2) is 69.2. The molecule has 0 saturated heterocycles. The molecule has 0 amide bonds. The molecular formula is C77H116NO8P. The van der Waals surface area contributed by atoms with Crippen LogP contribution in [0.5, 0.6) is 0 Å². The summed E-state index contributed by atoms with van der Waals surface area (Å²) in [5, 5.41) is 0. The zero-order valence-corrected chi connectivity index (χ0v) is 54.8. The Hall–Kier alpha value is -5.93. The molecule has 9 nitrogen and oxygen atoms in total. The van der Waals surface area contributed by atoms with Crippen molar-refractivity contribution in [2.75, 3.05) is 26.4 Å². The van der Waals surface area contributed by atoms with Crippen molar-refractivity contribution in [3.05, 3.63) is 231 Å². The first kappa shape index (κ1) is 81.1. The molecule has 0 aromatic carbocycles. The molecule has 0 aromatic rings. The number of esters is 2. The van der Waals surface area contributed by atoms with Gasteiger partial charge in [0.2, 0.25) is 0 Å². The number of allylic oxidation sites excluding steroid dienone is 38. The standard InChI is InChI=1S/C77H116NO8P/c1-3-5-7-9-11-13-15-17-19-21-23-25-27-29-31-33-34-35-36-37-38-39-40-42-44-46-48-50-52-54-56-58-60-62-64-66-68-70-77(80)86-75(74-85-87(81,82)84-72-71-78)73-83-76(79)69-67-65-63-61-59-57-55-53-51-49-47-45-43-41-32-30-28-26-24-22-20-18-16-14-12-10-8-6-4-2/h5-8,11-14,17-20,23-26,29-32,34-35,37-38,40,42-43,45-46,48-49,51-52,54-55,57,61,63,75H,3-4,9-10,15-16,21-22,27-28,33,36,39,41,44,47,50,53,56,58-60,62,64-74,78H2,1-2H3,(H,81,82)/b7-5-,8-6-,13-11-,14-12-,19-17-,20-18-,25-23-,26-24-,31-29-,32-30-,35-34-,38-37-,42-40-,45-43-,48-46-,51-49-,54-52-,57-55-,63-61-. The van der Waals surface area contributed by atoms with E-state index in [-0.39, 0.29) is 32.6 Å². The predicted molar refractivity (Wildman–Crippen MR) is 375 cm³/mol. The van der Waals surface area contributed by atoms with E-state index >= 15 is 0 Å². The van der Waals surface area contributed by atoms with Crippen LogP contribution in [0.1, 0.15) is 206 Å². The number of phosphoric ester groups is 1. The van der Waals surface area contributed by atoms with E-state index in [1.165, 1.54) is 0 Å². The highest BCUT2D eigenvalue weighted by molar-refractivity contribution is 7.47. The SMILES string of the molecule is CC/C=C\C/C=C\C/C=C\C/C=C\C/C=C\C/C=C\C/C=C\C/C=C\C/C=C\C/C=C\CCCCCCCCC(=O)OC(COC(=O)CCC/C=C\C/C=C\C/C=C\C/C=C\C/C=C\C/C=C\C/C=C\C/C=C\C/C=C\CC)COP(=O)(O)OCCN. The average molecular weight is 1210 g/mol. The van der Waals surface area contributed by atoms with Crippen LogP contribution in [0.4, 0.5) is 0 Å². The number of carbonyl (C=O) groups excluding carboxylic acids is 2. The Kier molecular flexibility index (Phi) is 64.5. The summed E-state index contributed by atoms with van der Waals surface area (Å²) in [6, 6.07) is 0. The third-order valence-electron chi connectivity index (χ3n) is 12.5. The van der Waals surface area contributed by atoms with Gasteiger partial charge in [-0.2, -0.15) is 0 Å². The fraction of sp³-hybridized carbons (Fsp3) is 0.481. The van der Waals surface area contributed by atoms with Gasteiger partial charge in [-0.15, -0.1) is 0 Å². The maximum Gasteiger partial charge on any atom is 0.472 e. The van der Waals surface area contributed by atoms with E-state index in [0.717, 1.165) is 161 Å². The minimum atomic E-state index is -4.43. The normalized spacial score (nSPS) is 14.5. The molecule has 0 aliphatic heterocycles. The lowest BCUT2D eigenvalue weighted by atomic mass is 10.1. The number of hydrogen-bond acceptors (Lipinski definition) is 8. The molecule has 0 heterocycles. The molecule has 87 heavy (non-hydrogen) atoms. The molecule has 3 N–H and O–H groups in total. The number of nitrogens with two attached hydrogens (primary N) is 1. The van der Waals surface area contributed by atoms with Crippen molar-refractivity contribution in [2.45, 2.75) is 213 Å². The molecule has 0 radical (unpaired) electrons. The zero-order chi connectivity index (χ0) is 63.0. The van der Waals surface area contributed by atoms with Gasteiger partial charge in [0.05, 0.1) is 13.2 Å². The average Bonchev–Trinajstić information content (AvgIpc) is 3.65. The van der Waals surface area contributed by atoms with Gasteiger partial charge in [-0.05, 0) is 154 Å². The van der Waals surface area contributed by atoms with Crippen LogP contribution in [0.2, 0.25) is 0 Å². The molecule has 2 atom stereocenters. The molecule has 0 aliphatic rings. The van der Waals surface area contributed by atoms with Gasteiger partial charge in [-0.1, -0.05) is 270 Å². The number of carbonyl (C=O) groups is 2. The Morgan fingerprint density at radius 3 is 0.920 bits per heavy atom. The van der Waals surface area contributed by atoms with Crippen LogP contribution in [-0.2, 0) is 32.7 Å². The molecule has 0 bridgehead atoms. The minimum absolute atomic E-state index is 0.0292. The third-order valence-corrected chi connectivity index (χ3v) is 13.5. The fourth-order valence-electron chi connectivity index (χ4n) is 7.78. The van der Waals surface area contributed by atoms with Crippen molar-refractivity contribution < 1.29 is 37.6 Å². The lowest BCUT2D eigenvalue weighted by Crippen LogP contribution is -2.29. The molecule has 0 saturated carbocycles. The van der Waals surface area contributed by atoms with Gasteiger partial charge in [-0.3, -0.25) is 18.6 Å². The molecule has 482 valence electrons. The largest absolute Gasteiger partial charge is 0.472 e. The molecule has 0 spiro atoms. The zero-order valence-electron chi connectivity index (χ0n) is 53.9. The summed E-state index contributed by atoms with van der Waals surface area (Å²) in [7, 11) is -4.43. The van der Waals surface area contributed by atoms with Crippen molar-refractivity contribution in [2.24, 2.45) is 5.73 Å². The quantitative estimate of drug-likeness (QED) is 0.0264. The Labute approximate surface area is 530 Å². The molecular weight excluding hydrogens is 1100 g/mol. The number of ether oxygens (including phenoxy) is 2. The van der Waals surface area contributed by atoms with Gasteiger partial charge in [0.1, 0.15) is 6.61 Å². The Morgan fingerprint density at radius 1 is 0.345 bits per heavy atom. The summed E-state index contributed by atoms with van der Waals surface area (Å²) in [5.74, 6) is -0.937. The van der Waals surface area contributed by atoms with Crippen LogP contribution in [0.3, 0.4) is 0 Å². The monoisotopic (exact) mass is 1210 g/mol. The van der Waals surface area contributed by atoms with E-state index in [1.807, 2.05) is 6.08 Å². The first-order valence-electron chi connectivity index (χ1n) is 32.9. The molecule has 0 aromatic heterocycles. The maximum atomic E-state index is 12.7. The van der Waals surface area contributed by atoms with E-state index < -0.39 is 32.5 Å². The van der Waals surface area contributed by atoms with E-state index in [4.69, 9.17) is 24.3 Å². The van der Waals surface area contributed by atoms with Gasteiger partial charge in [-0.25, -0.2) is 4.57 Å². The Morgan fingerprint density at radius 2 is 0.609 bits per heavy atom. The van der Waals surface area contributed by atoms with Crippen LogP contribution in [0.25, 0.3) is 0 Å². The van der Waals surface area contributed by atoms with Crippen molar-refractivity contribution in [1.82, 2.24) is 0 Å². The molecule has 2 unspecified atom stereocenters. The van der Waals surface area contributed by atoms with Crippen LogP contribution in [0.15, 0.2) is 231 Å². The fourth-order valence-corrected chi connectivity index (χ4v) is 8.55. The van der Waals surface area contributed by atoms with Gasteiger partial charge >= 0.3 is 19.8 Å². The number of hydrogen-bond donors (Lipinski definition) is 2. The van der Waals surface area contributed by atoms with Gasteiger partial charge in [0.15, 0.2) is 6.10 Å². The van der Waals surface area contributed by atoms with E-state index in [2.05, 4.69) is 239 Å². The first-order valence-corrected chi connectivity index (χ1v) is 34.4. The van der Waals surface area contributed by atoms with Crippen molar-refractivity contribution in [3.63, 3.8) is 0 Å². The number of rotatable bonds is 58. The van der Waals surface area contributed by atoms with E-state index in [9.17, 15) is 19.0 Å². The minimum Gasteiger partial charge on any atom is -0.462 e. The predicted octanol–water partition coefficient (Wildman–Crippen LogP) is 21.8. The molecule has 10 heteroatoms. The topological polar surface area (TPSA) is 134 Å². The summed E-state index contributed by atoms with van der Waals surface area (Å²) < 4.78 is 33.0. The number of phosphoric acid groups is 1. The summed E-state index contributed by atoms with van der Waals surface area (Å²) in [5.41, 5.74) is 5.39. The van der Waals surface area contributed by atoms with E-state index in [0.29, 0.717) is 19.3 Å². The van der Waals surface area contributed by atoms with Crippen LogP contribution >= 0.6 is 7.82 Å². The highest BCUT2D eigenvalue weighted by atomic mass is 31.2. The van der Waals surface area contributed by atoms with Crippen molar-refractivity contribution >= 4 is 19.8 Å². The highest BCUT2D eigenvalue weighted by Crippen LogP contribution is 2.43. The summed E-state index contributed by atoms with van der Waals surface area (Å²) >= 11 is 0. The molecule has 0 aliphatic carbocycles. The van der Waals surface area contributed by atoms with Crippen LogP contribution in [-0.4, -0.2) is 49.3 Å². The lowest BCUT2D eigenvalue weighted by Gasteiger charge is -2.19. The van der Waals surface area contributed by atoms with Crippen molar-refractivity contribution in [3.8, 4) is 0 Å². The lowest BCUT2D eigenvalue weighted by molar-refractivity contribution is -0.161. The van der Waals surface area contributed by atoms with Crippen molar-refractivity contribution in [1.29, 1.82) is 0 Å². The van der Waals surface area contributed by atoms with Gasteiger partial charge in [0.25, 0.3) is 0 Å². The molecule has 0 fully saturated rings. The van der Waals surface area contributed by atoms with Gasteiger partial charge < -0.3 is 20.1 Å². The summed E-state index contributed by atoms with van der Waals surface area (Å²) in [4.78, 5) is 35.3. The van der Waals surface area contributed by atoms with E-state index in [1.54, 1.807) is 0 Å². The maximum absolute atomic E-state index is 12.7.